The van der Waals surface area contributed by atoms with Crippen LogP contribution in [0.2, 0.25) is 0 Å². The summed E-state index contributed by atoms with van der Waals surface area (Å²) >= 11 is 3.55. The standard InChI is InChI=1S/C19H18BrFN4O/c20-16-5-6-17(26-14-7-9-22-10-8-14)18-15(16)11-23-19(25-18)24-13-3-1-12(21)2-4-13/h1-6,11,14,22H,7-10H2,(H,23,24,25). The van der Waals surface area contributed by atoms with Crippen molar-refractivity contribution >= 4 is 38.5 Å². The Morgan fingerprint density at radius 1 is 1.12 bits per heavy atom. The average molecular weight is 417 g/mol. The van der Waals surface area contributed by atoms with Crippen LogP contribution in [-0.4, -0.2) is 29.2 Å². The molecule has 1 fully saturated rings. The Hall–Kier alpha value is -2.25. The number of hydrogen-bond acceptors (Lipinski definition) is 5. The first-order chi connectivity index (χ1) is 12.7. The number of piperidine rings is 1. The van der Waals surface area contributed by atoms with Crippen molar-refractivity contribution in [2.45, 2.75) is 18.9 Å². The Balaban J connectivity index is 1.65. The molecule has 26 heavy (non-hydrogen) atoms. The van der Waals surface area contributed by atoms with Crippen LogP contribution in [0.1, 0.15) is 12.8 Å². The molecule has 7 heteroatoms. The summed E-state index contributed by atoms with van der Waals surface area (Å²) in [6.45, 7) is 1.93. The maximum atomic E-state index is 13.1. The number of hydrogen-bond donors (Lipinski definition) is 2. The highest BCUT2D eigenvalue weighted by molar-refractivity contribution is 9.10. The SMILES string of the molecule is Fc1ccc(Nc2ncc3c(Br)ccc(OC4CCNCC4)c3n2)cc1. The molecule has 134 valence electrons. The summed E-state index contributed by atoms with van der Waals surface area (Å²) in [4.78, 5) is 8.99. The number of fused-ring (bicyclic) bond motifs is 1. The molecule has 0 aliphatic carbocycles. The minimum absolute atomic E-state index is 0.184. The van der Waals surface area contributed by atoms with Crippen LogP contribution in [0.5, 0.6) is 5.75 Å². The van der Waals surface area contributed by atoms with Crippen molar-refractivity contribution in [2.24, 2.45) is 0 Å². The predicted molar refractivity (Wildman–Crippen MR) is 103 cm³/mol. The summed E-state index contributed by atoms with van der Waals surface area (Å²) in [7, 11) is 0. The Morgan fingerprint density at radius 3 is 2.65 bits per heavy atom. The van der Waals surface area contributed by atoms with E-state index < -0.39 is 0 Å². The first-order valence-electron chi connectivity index (χ1n) is 8.54. The predicted octanol–water partition coefficient (Wildman–Crippen LogP) is 4.41. The van der Waals surface area contributed by atoms with Gasteiger partial charge in [-0.15, -0.1) is 0 Å². The molecular weight excluding hydrogens is 399 g/mol. The highest BCUT2D eigenvalue weighted by Crippen LogP contribution is 2.32. The topological polar surface area (TPSA) is 59.1 Å². The summed E-state index contributed by atoms with van der Waals surface area (Å²) in [5, 5.41) is 7.33. The van der Waals surface area contributed by atoms with Gasteiger partial charge in [-0.3, -0.25) is 0 Å². The molecule has 0 radical (unpaired) electrons. The van der Waals surface area contributed by atoms with Gasteiger partial charge in [0.1, 0.15) is 23.2 Å². The summed E-state index contributed by atoms with van der Waals surface area (Å²) in [6.07, 6.45) is 3.89. The third-order valence-corrected chi connectivity index (χ3v) is 5.03. The Morgan fingerprint density at radius 2 is 1.88 bits per heavy atom. The van der Waals surface area contributed by atoms with Crippen molar-refractivity contribution in [1.29, 1.82) is 0 Å². The first kappa shape index (κ1) is 17.2. The maximum absolute atomic E-state index is 13.1. The van der Waals surface area contributed by atoms with E-state index in [9.17, 15) is 4.39 Å². The van der Waals surface area contributed by atoms with Crippen molar-refractivity contribution in [3.05, 3.63) is 52.9 Å². The van der Waals surface area contributed by atoms with Gasteiger partial charge in [0.25, 0.3) is 0 Å². The second-order valence-corrected chi connectivity index (χ2v) is 7.05. The molecule has 0 amide bonds. The lowest BCUT2D eigenvalue weighted by atomic mass is 10.1. The normalized spacial score (nSPS) is 15.2. The Kier molecular flexibility index (Phi) is 4.99. The highest BCUT2D eigenvalue weighted by Gasteiger charge is 2.17. The number of aromatic nitrogens is 2. The van der Waals surface area contributed by atoms with Crippen molar-refractivity contribution < 1.29 is 9.13 Å². The van der Waals surface area contributed by atoms with Gasteiger partial charge < -0.3 is 15.4 Å². The van der Waals surface area contributed by atoms with E-state index >= 15 is 0 Å². The lowest BCUT2D eigenvalue weighted by molar-refractivity contribution is 0.164. The number of anilines is 2. The van der Waals surface area contributed by atoms with Gasteiger partial charge in [0.05, 0.1) is 0 Å². The number of nitrogens with zero attached hydrogens (tertiary/aromatic N) is 2. The van der Waals surface area contributed by atoms with Crippen LogP contribution < -0.4 is 15.4 Å². The molecular formula is C19H18BrFN4O. The van der Waals surface area contributed by atoms with E-state index in [2.05, 4.69) is 36.5 Å². The second-order valence-electron chi connectivity index (χ2n) is 6.20. The molecule has 2 aromatic carbocycles. The number of halogens is 2. The van der Waals surface area contributed by atoms with Gasteiger partial charge in [-0.1, -0.05) is 15.9 Å². The molecule has 1 aromatic heterocycles. The lowest BCUT2D eigenvalue weighted by Crippen LogP contribution is -2.34. The van der Waals surface area contributed by atoms with Gasteiger partial charge in [-0.2, -0.15) is 0 Å². The first-order valence-corrected chi connectivity index (χ1v) is 9.33. The molecule has 1 aliphatic heterocycles. The third kappa shape index (κ3) is 3.78. The molecule has 0 bridgehead atoms. The van der Waals surface area contributed by atoms with Crippen molar-refractivity contribution in [2.75, 3.05) is 18.4 Å². The van der Waals surface area contributed by atoms with E-state index in [-0.39, 0.29) is 11.9 Å². The van der Waals surface area contributed by atoms with Gasteiger partial charge >= 0.3 is 0 Å². The van der Waals surface area contributed by atoms with Crippen molar-refractivity contribution in [1.82, 2.24) is 15.3 Å². The fourth-order valence-corrected chi connectivity index (χ4v) is 3.39. The van der Waals surface area contributed by atoms with E-state index in [4.69, 9.17) is 4.74 Å². The fraction of sp³-hybridized carbons (Fsp3) is 0.263. The largest absolute Gasteiger partial charge is 0.488 e. The summed E-state index contributed by atoms with van der Waals surface area (Å²) in [6, 6.07) is 9.97. The van der Waals surface area contributed by atoms with Crippen LogP contribution in [0.4, 0.5) is 16.0 Å². The molecule has 0 atom stereocenters. The molecule has 3 aromatic rings. The van der Waals surface area contributed by atoms with Crippen LogP contribution in [0.3, 0.4) is 0 Å². The van der Waals surface area contributed by atoms with Gasteiger partial charge in [0.2, 0.25) is 5.95 Å². The zero-order valence-corrected chi connectivity index (χ0v) is 15.6. The summed E-state index contributed by atoms with van der Waals surface area (Å²) in [5.41, 5.74) is 1.47. The molecule has 1 aliphatic rings. The van der Waals surface area contributed by atoms with Crippen LogP contribution in [0, 0.1) is 5.82 Å². The van der Waals surface area contributed by atoms with Crippen LogP contribution in [0.15, 0.2) is 47.1 Å². The molecule has 1 saturated heterocycles. The van der Waals surface area contributed by atoms with Crippen LogP contribution in [0.25, 0.3) is 10.9 Å². The van der Waals surface area contributed by atoms with E-state index in [1.165, 1.54) is 12.1 Å². The third-order valence-electron chi connectivity index (χ3n) is 4.34. The molecule has 5 nitrogen and oxygen atoms in total. The zero-order valence-electron chi connectivity index (χ0n) is 14.0. The van der Waals surface area contributed by atoms with Crippen LogP contribution in [-0.2, 0) is 0 Å². The minimum Gasteiger partial charge on any atom is -0.488 e. The number of benzene rings is 2. The summed E-state index contributed by atoms with van der Waals surface area (Å²) in [5.74, 6) is 0.911. The van der Waals surface area contributed by atoms with E-state index in [0.717, 1.165) is 52.7 Å². The van der Waals surface area contributed by atoms with E-state index in [1.54, 1.807) is 18.3 Å². The molecule has 2 N–H and O–H groups in total. The number of rotatable bonds is 4. The smallest absolute Gasteiger partial charge is 0.227 e. The lowest BCUT2D eigenvalue weighted by Gasteiger charge is -2.24. The summed E-state index contributed by atoms with van der Waals surface area (Å²) < 4.78 is 20.2. The molecule has 0 saturated carbocycles. The van der Waals surface area contributed by atoms with Gasteiger partial charge in [-0.05, 0) is 62.3 Å². The number of nitrogens with one attached hydrogen (secondary N) is 2. The second kappa shape index (κ2) is 7.55. The maximum Gasteiger partial charge on any atom is 0.227 e. The monoisotopic (exact) mass is 416 g/mol. The number of ether oxygens (including phenoxy) is 1. The Bertz CT molecular complexity index is 913. The molecule has 4 rings (SSSR count). The zero-order chi connectivity index (χ0) is 17.9. The minimum atomic E-state index is -0.281. The fourth-order valence-electron chi connectivity index (χ4n) is 2.97. The van der Waals surface area contributed by atoms with Gasteiger partial charge in [0, 0.05) is 21.7 Å². The molecule has 2 heterocycles. The van der Waals surface area contributed by atoms with E-state index in [0.29, 0.717) is 5.95 Å². The van der Waals surface area contributed by atoms with Crippen molar-refractivity contribution in [3.8, 4) is 5.75 Å². The van der Waals surface area contributed by atoms with Crippen molar-refractivity contribution in [3.63, 3.8) is 0 Å². The molecule has 0 spiro atoms. The average Bonchev–Trinajstić information content (AvgIpc) is 2.67. The van der Waals surface area contributed by atoms with Gasteiger partial charge in [0.15, 0.2) is 0 Å². The van der Waals surface area contributed by atoms with Gasteiger partial charge in [-0.25, -0.2) is 14.4 Å². The highest BCUT2D eigenvalue weighted by atomic mass is 79.9. The van der Waals surface area contributed by atoms with Crippen LogP contribution >= 0.6 is 15.9 Å². The quantitative estimate of drug-likeness (QED) is 0.659. The molecule has 0 unspecified atom stereocenters. The van der Waals surface area contributed by atoms with E-state index in [1.807, 2.05) is 12.1 Å². The Labute approximate surface area is 159 Å².